The third kappa shape index (κ3) is 3.35. The second kappa shape index (κ2) is 5.80. The predicted molar refractivity (Wildman–Crippen MR) is 90.9 cm³/mol. The Kier molecular flexibility index (Phi) is 4.00. The molecule has 22 heavy (non-hydrogen) atoms. The van der Waals surface area contributed by atoms with Crippen molar-refractivity contribution in [3.63, 3.8) is 0 Å². The van der Waals surface area contributed by atoms with Crippen LogP contribution in [0.2, 0.25) is 10.0 Å². The normalized spacial score (nSPS) is 16.5. The fourth-order valence-corrected chi connectivity index (χ4v) is 3.47. The summed E-state index contributed by atoms with van der Waals surface area (Å²) in [6.45, 7) is 0. The fourth-order valence-electron chi connectivity index (χ4n) is 2.11. The Balaban J connectivity index is 2.00. The number of benzene rings is 2. The van der Waals surface area contributed by atoms with Gasteiger partial charge in [-0.05, 0) is 35.4 Å². The van der Waals surface area contributed by atoms with E-state index >= 15 is 0 Å². The monoisotopic (exact) mass is 351 g/mol. The summed E-state index contributed by atoms with van der Waals surface area (Å²) in [6.07, 6.45) is 0. The molecule has 2 aromatic rings. The summed E-state index contributed by atoms with van der Waals surface area (Å²) in [4.78, 5) is 0. The van der Waals surface area contributed by atoms with Crippen molar-refractivity contribution in [1.29, 1.82) is 0 Å². The zero-order valence-electron chi connectivity index (χ0n) is 11.3. The van der Waals surface area contributed by atoms with Crippen LogP contribution in [0.15, 0.2) is 59.3 Å². The molecule has 1 aliphatic rings. The molecule has 1 heterocycles. The molecule has 1 N–H and O–H groups in total. The van der Waals surface area contributed by atoms with Crippen LogP contribution in [-0.2, 0) is 9.84 Å². The molecule has 3 nitrogen and oxygen atoms in total. The van der Waals surface area contributed by atoms with Crippen LogP contribution < -0.4 is 5.32 Å². The smallest absolute Gasteiger partial charge is 0.197 e. The topological polar surface area (TPSA) is 46.2 Å². The van der Waals surface area contributed by atoms with E-state index < -0.39 is 9.84 Å². The second-order valence-electron chi connectivity index (χ2n) is 4.79. The Hall–Kier alpha value is -1.75. The molecule has 0 saturated heterocycles. The van der Waals surface area contributed by atoms with Gasteiger partial charge in [-0.15, -0.1) is 0 Å². The van der Waals surface area contributed by atoms with Crippen LogP contribution in [0.5, 0.6) is 0 Å². The van der Waals surface area contributed by atoms with Crippen LogP contribution in [-0.4, -0.2) is 8.42 Å². The molecule has 1 aliphatic heterocycles. The van der Waals surface area contributed by atoms with Gasteiger partial charge in [0, 0.05) is 10.0 Å². The summed E-state index contributed by atoms with van der Waals surface area (Å²) in [5.41, 5.74) is 2.49. The molecular formula is C16H11Cl2NO2S. The van der Waals surface area contributed by atoms with Crippen molar-refractivity contribution in [2.45, 2.75) is 0 Å². The molecule has 0 amide bonds. The number of rotatable bonds is 2. The van der Waals surface area contributed by atoms with Crippen LogP contribution in [0.3, 0.4) is 0 Å². The lowest BCUT2D eigenvalue weighted by Gasteiger charge is -2.18. The lowest BCUT2D eigenvalue weighted by atomic mass is 10.1. The molecule has 0 saturated carbocycles. The summed E-state index contributed by atoms with van der Waals surface area (Å²) in [5, 5.41) is 6.73. The van der Waals surface area contributed by atoms with Gasteiger partial charge in [-0.25, -0.2) is 8.42 Å². The van der Waals surface area contributed by atoms with Crippen molar-refractivity contribution in [2.24, 2.45) is 0 Å². The van der Waals surface area contributed by atoms with Gasteiger partial charge in [0.1, 0.15) is 0 Å². The second-order valence-corrected chi connectivity index (χ2v) is 7.31. The number of hydrogen-bond donors (Lipinski definition) is 1. The molecule has 0 bridgehead atoms. The highest BCUT2D eigenvalue weighted by molar-refractivity contribution is 7.97. The molecular weight excluding hydrogens is 341 g/mol. The minimum absolute atomic E-state index is 0.504. The molecule has 0 spiro atoms. The quantitative estimate of drug-likeness (QED) is 0.876. The predicted octanol–water partition coefficient (Wildman–Crippen LogP) is 4.31. The molecule has 3 rings (SSSR count). The van der Waals surface area contributed by atoms with Gasteiger partial charge >= 0.3 is 0 Å². The lowest BCUT2D eigenvalue weighted by molar-refractivity contribution is 0.612. The summed E-state index contributed by atoms with van der Waals surface area (Å²) in [6, 6.07) is 13.9. The van der Waals surface area contributed by atoms with E-state index in [1.807, 2.05) is 0 Å². The first-order valence-corrected chi connectivity index (χ1v) is 8.77. The molecule has 112 valence electrons. The molecule has 0 unspecified atom stereocenters. The third-order valence-corrected chi connectivity index (χ3v) is 4.78. The van der Waals surface area contributed by atoms with Gasteiger partial charge in [0.2, 0.25) is 0 Å². The zero-order chi connectivity index (χ0) is 15.7. The van der Waals surface area contributed by atoms with Crippen LogP contribution in [0.4, 0.5) is 0 Å². The molecule has 0 aliphatic carbocycles. The zero-order valence-corrected chi connectivity index (χ0v) is 13.6. The van der Waals surface area contributed by atoms with E-state index in [-0.39, 0.29) is 0 Å². The molecule has 0 fully saturated rings. The highest BCUT2D eigenvalue weighted by Gasteiger charge is 2.18. The lowest BCUT2D eigenvalue weighted by Crippen LogP contribution is -2.17. The van der Waals surface area contributed by atoms with E-state index in [1.54, 1.807) is 48.5 Å². The Morgan fingerprint density at radius 2 is 1.05 bits per heavy atom. The Morgan fingerprint density at radius 1 is 0.682 bits per heavy atom. The first kappa shape index (κ1) is 15.2. The van der Waals surface area contributed by atoms with Gasteiger partial charge in [-0.1, -0.05) is 47.5 Å². The van der Waals surface area contributed by atoms with Crippen molar-refractivity contribution in [3.8, 4) is 0 Å². The van der Waals surface area contributed by atoms with E-state index in [9.17, 15) is 8.42 Å². The highest BCUT2D eigenvalue weighted by Crippen LogP contribution is 2.26. The maximum atomic E-state index is 12.1. The van der Waals surface area contributed by atoms with Gasteiger partial charge in [0.05, 0.1) is 22.2 Å². The summed E-state index contributed by atoms with van der Waals surface area (Å²) in [5.74, 6) is 0. The third-order valence-electron chi connectivity index (χ3n) is 3.14. The minimum atomic E-state index is -3.45. The van der Waals surface area contributed by atoms with Gasteiger partial charge in [-0.2, -0.15) is 0 Å². The SMILES string of the molecule is O=S1(=O)C=C(c2ccc(Cl)cc2)NC(c2ccc(Cl)cc2)=C1. The van der Waals surface area contributed by atoms with E-state index in [4.69, 9.17) is 23.2 Å². The standard InChI is InChI=1S/C16H11Cl2NO2S/c17-13-5-1-11(2-6-13)15-9-22(20,21)10-16(19-15)12-3-7-14(18)8-4-12/h1-10,19H. The minimum Gasteiger partial charge on any atom is -0.353 e. The van der Waals surface area contributed by atoms with Crippen LogP contribution in [0.1, 0.15) is 11.1 Å². The number of hydrogen-bond acceptors (Lipinski definition) is 3. The summed E-state index contributed by atoms with van der Waals surface area (Å²) >= 11 is 11.7. The maximum Gasteiger partial charge on any atom is 0.197 e. The van der Waals surface area contributed by atoms with Crippen molar-refractivity contribution in [1.82, 2.24) is 5.32 Å². The molecule has 0 aromatic heterocycles. The Morgan fingerprint density at radius 3 is 1.41 bits per heavy atom. The van der Waals surface area contributed by atoms with Crippen molar-refractivity contribution in [3.05, 3.63) is 80.5 Å². The highest BCUT2D eigenvalue weighted by atomic mass is 35.5. The largest absolute Gasteiger partial charge is 0.353 e. The number of halogens is 2. The van der Waals surface area contributed by atoms with Crippen LogP contribution in [0, 0.1) is 0 Å². The Labute approximate surface area is 138 Å². The van der Waals surface area contributed by atoms with Crippen molar-refractivity contribution >= 4 is 44.4 Å². The van der Waals surface area contributed by atoms with E-state index in [2.05, 4.69) is 5.32 Å². The van der Waals surface area contributed by atoms with E-state index in [1.165, 1.54) is 10.8 Å². The summed E-state index contributed by atoms with van der Waals surface area (Å²) < 4.78 is 24.2. The maximum absolute atomic E-state index is 12.1. The number of nitrogens with one attached hydrogen (secondary N) is 1. The van der Waals surface area contributed by atoms with Gasteiger partial charge in [-0.3, -0.25) is 0 Å². The van der Waals surface area contributed by atoms with E-state index in [0.29, 0.717) is 21.4 Å². The first-order chi connectivity index (χ1) is 10.4. The molecule has 2 aromatic carbocycles. The van der Waals surface area contributed by atoms with Crippen molar-refractivity contribution < 1.29 is 8.42 Å². The average molecular weight is 352 g/mol. The Bertz CT molecular complexity index is 800. The molecule has 6 heteroatoms. The summed E-state index contributed by atoms with van der Waals surface area (Å²) in [7, 11) is -3.45. The van der Waals surface area contributed by atoms with Crippen molar-refractivity contribution in [2.75, 3.05) is 0 Å². The average Bonchev–Trinajstić information content (AvgIpc) is 2.47. The van der Waals surface area contributed by atoms with Gasteiger partial charge < -0.3 is 5.32 Å². The first-order valence-electron chi connectivity index (χ1n) is 6.40. The van der Waals surface area contributed by atoms with Crippen LogP contribution >= 0.6 is 23.2 Å². The molecule has 0 atom stereocenters. The van der Waals surface area contributed by atoms with E-state index in [0.717, 1.165) is 11.1 Å². The number of sulfone groups is 1. The fraction of sp³-hybridized carbons (Fsp3) is 0. The molecule has 0 radical (unpaired) electrons. The van der Waals surface area contributed by atoms with Gasteiger partial charge in [0.25, 0.3) is 0 Å². The van der Waals surface area contributed by atoms with Gasteiger partial charge in [0.15, 0.2) is 9.84 Å². The van der Waals surface area contributed by atoms with Crippen LogP contribution in [0.25, 0.3) is 11.4 Å².